The van der Waals surface area contributed by atoms with E-state index in [9.17, 15) is 5.26 Å². The van der Waals surface area contributed by atoms with Crippen LogP contribution >= 0.6 is 11.6 Å². The van der Waals surface area contributed by atoms with Gasteiger partial charge < -0.3 is 10.2 Å². The van der Waals surface area contributed by atoms with Crippen molar-refractivity contribution in [2.24, 2.45) is 0 Å². The number of rotatable bonds is 4. The van der Waals surface area contributed by atoms with Gasteiger partial charge in [0.1, 0.15) is 6.07 Å². The summed E-state index contributed by atoms with van der Waals surface area (Å²) < 4.78 is 0. The summed E-state index contributed by atoms with van der Waals surface area (Å²) in [7, 11) is 2.16. The van der Waals surface area contributed by atoms with Gasteiger partial charge in [-0.15, -0.1) is 0 Å². The fourth-order valence-corrected chi connectivity index (χ4v) is 3.29. The molecule has 3 rings (SSSR count). The lowest BCUT2D eigenvalue weighted by atomic mass is 10.1. The molecule has 2 aromatic rings. The lowest BCUT2D eigenvalue weighted by Crippen LogP contribution is -2.47. The van der Waals surface area contributed by atoms with Crippen molar-refractivity contribution in [3.63, 3.8) is 0 Å². The molecule has 1 aliphatic heterocycles. The van der Waals surface area contributed by atoms with E-state index in [0.29, 0.717) is 10.6 Å². The number of nitrogens with one attached hydrogen (secondary N) is 1. The molecule has 0 amide bonds. The van der Waals surface area contributed by atoms with Crippen LogP contribution in [0.3, 0.4) is 0 Å². The number of aromatic nitrogens is 1. The first kappa shape index (κ1) is 17.0. The van der Waals surface area contributed by atoms with E-state index in [-0.39, 0.29) is 6.04 Å². The number of nitriles is 1. The Hall–Kier alpha value is -1.87. The average molecular weight is 344 g/mol. The van der Waals surface area contributed by atoms with Crippen LogP contribution in [0.1, 0.15) is 12.5 Å². The molecule has 1 atom stereocenters. The van der Waals surface area contributed by atoms with E-state index >= 15 is 0 Å². The third kappa shape index (κ3) is 3.78. The molecular formula is C18H22ClN5. The SMILES string of the molecule is CC(CN1CCN(C)CC1)Nc1c(C#N)cnc2ccc(Cl)cc12. The van der Waals surface area contributed by atoms with Crippen LogP contribution in [0.15, 0.2) is 24.4 Å². The highest BCUT2D eigenvalue weighted by Gasteiger charge is 2.18. The Labute approximate surface area is 147 Å². The van der Waals surface area contributed by atoms with Crippen LogP contribution in [0, 0.1) is 11.3 Å². The molecule has 1 saturated heterocycles. The minimum atomic E-state index is 0.227. The number of pyridine rings is 1. The lowest BCUT2D eigenvalue weighted by Gasteiger charge is -2.34. The second-order valence-corrected chi connectivity index (χ2v) is 6.91. The molecule has 24 heavy (non-hydrogen) atoms. The molecular weight excluding hydrogens is 322 g/mol. The minimum absolute atomic E-state index is 0.227. The molecule has 1 unspecified atom stereocenters. The van der Waals surface area contributed by atoms with Gasteiger partial charge in [0, 0.05) is 55.4 Å². The molecule has 5 nitrogen and oxygen atoms in total. The summed E-state index contributed by atoms with van der Waals surface area (Å²) >= 11 is 6.14. The van der Waals surface area contributed by atoms with E-state index in [1.807, 2.05) is 18.2 Å². The third-order valence-corrected chi connectivity index (χ3v) is 4.70. The molecule has 0 radical (unpaired) electrons. The normalized spacial score (nSPS) is 17.6. The van der Waals surface area contributed by atoms with Crippen LogP contribution in [0.2, 0.25) is 5.02 Å². The molecule has 0 spiro atoms. The van der Waals surface area contributed by atoms with E-state index in [1.54, 1.807) is 6.20 Å². The maximum absolute atomic E-state index is 9.43. The molecule has 1 N–H and O–H groups in total. The van der Waals surface area contributed by atoms with E-state index in [0.717, 1.165) is 49.3 Å². The summed E-state index contributed by atoms with van der Waals surface area (Å²) in [5.74, 6) is 0. The standard InChI is InChI=1S/C18H22ClN5/c1-13(12-24-7-5-23(2)6-8-24)22-18-14(10-20)11-21-17-4-3-15(19)9-16(17)18/h3-4,9,11,13H,5-8,12H2,1-2H3,(H,21,22). The summed E-state index contributed by atoms with van der Waals surface area (Å²) in [6.45, 7) is 7.46. The van der Waals surface area contributed by atoms with Crippen molar-refractivity contribution in [2.75, 3.05) is 45.1 Å². The van der Waals surface area contributed by atoms with Crippen molar-refractivity contribution in [3.8, 4) is 6.07 Å². The maximum atomic E-state index is 9.43. The summed E-state index contributed by atoms with van der Waals surface area (Å²) in [5, 5.41) is 14.5. The fraction of sp³-hybridized carbons (Fsp3) is 0.444. The van der Waals surface area contributed by atoms with Crippen LogP contribution < -0.4 is 5.32 Å². The average Bonchev–Trinajstić information content (AvgIpc) is 2.57. The predicted molar refractivity (Wildman–Crippen MR) is 98.5 cm³/mol. The van der Waals surface area contributed by atoms with Gasteiger partial charge in [0.05, 0.1) is 16.8 Å². The largest absolute Gasteiger partial charge is 0.380 e. The topological polar surface area (TPSA) is 55.2 Å². The quantitative estimate of drug-likeness (QED) is 0.925. The lowest BCUT2D eigenvalue weighted by molar-refractivity contribution is 0.151. The highest BCUT2D eigenvalue weighted by molar-refractivity contribution is 6.31. The van der Waals surface area contributed by atoms with Crippen LogP contribution in [0.5, 0.6) is 0 Å². The number of benzene rings is 1. The summed E-state index contributed by atoms with van der Waals surface area (Å²) in [6.07, 6.45) is 1.63. The number of fused-ring (bicyclic) bond motifs is 1. The van der Waals surface area contributed by atoms with Gasteiger partial charge in [-0.3, -0.25) is 9.88 Å². The smallest absolute Gasteiger partial charge is 0.103 e. The van der Waals surface area contributed by atoms with Crippen molar-refractivity contribution in [3.05, 3.63) is 35.0 Å². The number of anilines is 1. The van der Waals surface area contributed by atoms with Gasteiger partial charge in [0.15, 0.2) is 0 Å². The van der Waals surface area contributed by atoms with Gasteiger partial charge in [0.25, 0.3) is 0 Å². The summed E-state index contributed by atoms with van der Waals surface area (Å²) in [6, 6.07) is 8.04. The maximum Gasteiger partial charge on any atom is 0.103 e. The number of piperazine rings is 1. The number of hydrogen-bond donors (Lipinski definition) is 1. The monoisotopic (exact) mass is 343 g/mol. The van der Waals surface area contributed by atoms with Crippen molar-refractivity contribution in [2.45, 2.75) is 13.0 Å². The van der Waals surface area contributed by atoms with Crippen LogP contribution in [-0.2, 0) is 0 Å². The van der Waals surface area contributed by atoms with Gasteiger partial charge in [-0.05, 0) is 32.2 Å². The molecule has 6 heteroatoms. The second kappa shape index (κ2) is 7.35. The first-order chi connectivity index (χ1) is 11.6. The first-order valence-corrected chi connectivity index (χ1v) is 8.60. The van der Waals surface area contributed by atoms with Gasteiger partial charge in [-0.25, -0.2) is 0 Å². The molecule has 0 aliphatic carbocycles. The zero-order valence-corrected chi connectivity index (χ0v) is 14.8. The van der Waals surface area contributed by atoms with Gasteiger partial charge in [0.2, 0.25) is 0 Å². The van der Waals surface area contributed by atoms with Gasteiger partial charge >= 0.3 is 0 Å². The Bertz CT molecular complexity index is 762. The molecule has 1 aromatic carbocycles. The van der Waals surface area contributed by atoms with Crippen LogP contribution in [0.25, 0.3) is 10.9 Å². The van der Waals surface area contributed by atoms with Crippen LogP contribution in [0.4, 0.5) is 5.69 Å². The molecule has 1 aliphatic rings. The highest BCUT2D eigenvalue weighted by atomic mass is 35.5. The van der Waals surface area contributed by atoms with Gasteiger partial charge in [-0.1, -0.05) is 11.6 Å². The number of halogens is 1. The number of nitrogens with zero attached hydrogens (tertiary/aromatic N) is 4. The summed E-state index contributed by atoms with van der Waals surface area (Å²) in [4.78, 5) is 9.15. The van der Waals surface area contributed by atoms with E-state index in [4.69, 9.17) is 11.6 Å². The van der Waals surface area contributed by atoms with Crippen molar-refractivity contribution in [1.29, 1.82) is 5.26 Å². The van der Waals surface area contributed by atoms with Crippen molar-refractivity contribution >= 4 is 28.2 Å². The van der Waals surface area contributed by atoms with Crippen molar-refractivity contribution < 1.29 is 0 Å². The van der Waals surface area contributed by atoms with Gasteiger partial charge in [-0.2, -0.15) is 5.26 Å². The highest BCUT2D eigenvalue weighted by Crippen LogP contribution is 2.28. The Balaban J connectivity index is 1.80. The van der Waals surface area contributed by atoms with E-state index in [1.165, 1.54) is 0 Å². The summed E-state index contributed by atoms with van der Waals surface area (Å²) in [5.41, 5.74) is 2.22. The van der Waals surface area contributed by atoms with E-state index in [2.05, 4.69) is 40.1 Å². The zero-order valence-electron chi connectivity index (χ0n) is 14.1. The van der Waals surface area contributed by atoms with Crippen LogP contribution in [-0.4, -0.2) is 60.6 Å². The third-order valence-electron chi connectivity index (χ3n) is 4.47. The molecule has 1 fully saturated rings. The predicted octanol–water partition coefficient (Wildman–Crippen LogP) is 2.81. The molecule has 2 heterocycles. The molecule has 0 saturated carbocycles. The Morgan fingerprint density at radius 2 is 2.08 bits per heavy atom. The molecule has 0 bridgehead atoms. The Morgan fingerprint density at radius 1 is 1.33 bits per heavy atom. The van der Waals surface area contributed by atoms with Crippen molar-refractivity contribution in [1.82, 2.24) is 14.8 Å². The Morgan fingerprint density at radius 3 is 2.79 bits per heavy atom. The molecule has 126 valence electrons. The first-order valence-electron chi connectivity index (χ1n) is 8.22. The molecule has 1 aromatic heterocycles. The minimum Gasteiger partial charge on any atom is -0.380 e. The number of likely N-dealkylation sites (N-methyl/N-ethyl adjacent to an activating group) is 1. The fourth-order valence-electron chi connectivity index (χ4n) is 3.11. The zero-order chi connectivity index (χ0) is 17.1. The number of hydrogen-bond acceptors (Lipinski definition) is 5. The van der Waals surface area contributed by atoms with E-state index < -0.39 is 0 Å². The Kier molecular flexibility index (Phi) is 5.20. The second-order valence-electron chi connectivity index (χ2n) is 6.47.